The van der Waals surface area contributed by atoms with E-state index in [1.165, 1.54) is 5.56 Å². The van der Waals surface area contributed by atoms with Crippen LogP contribution in [-0.4, -0.2) is 60.4 Å². The van der Waals surface area contributed by atoms with Crippen molar-refractivity contribution >= 4 is 5.91 Å². The van der Waals surface area contributed by atoms with Crippen LogP contribution in [0.3, 0.4) is 0 Å². The van der Waals surface area contributed by atoms with Crippen LogP contribution in [0.2, 0.25) is 0 Å². The van der Waals surface area contributed by atoms with Gasteiger partial charge in [-0.2, -0.15) is 0 Å². The number of carbonyl (C=O) groups is 1. The summed E-state index contributed by atoms with van der Waals surface area (Å²) in [5.41, 5.74) is 2.38. The predicted octanol–water partition coefficient (Wildman–Crippen LogP) is 0.636. The zero-order chi connectivity index (χ0) is 17.6. The van der Waals surface area contributed by atoms with Crippen LogP contribution in [0.4, 0.5) is 0 Å². The van der Waals surface area contributed by atoms with Crippen molar-refractivity contribution in [2.75, 3.05) is 26.2 Å². The fraction of sp³-hybridized carbons (Fsp3) is 0.632. The molecule has 3 N–H and O–H groups in total. The van der Waals surface area contributed by atoms with Crippen LogP contribution >= 0.6 is 0 Å². The van der Waals surface area contributed by atoms with E-state index in [0.29, 0.717) is 19.7 Å². The third-order valence-corrected chi connectivity index (χ3v) is 5.12. The Kier molecular flexibility index (Phi) is 6.42. The molecule has 0 bridgehead atoms. The number of aliphatic hydroxyl groups is 1. The van der Waals surface area contributed by atoms with Gasteiger partial charge < -0.3 is 20.5 Å². The van der Waals surface area contributed by atoms with Gasteiger partial charge in [-0.15, -0.1) is 0 Å². The molecule has 1 amide bonds. The van der Waals surface area contributed by atoms with E-state index in [1.807, 2.05) is 19.1 Å². The number of carbonyl (C=O) groups excluding carboxylic acids is 1. The van der Waals surface area contributed by atoms with Crippen LogP contribution in [0.15, 0.2) is 24.3 Å². The molecule has 2 saturated heterocycles. The Balaban J connectivity index is 1.56. The minimum Gasteiger partial charge on any atom is -0.393 e. The molecule has 6 heteroatoms. The average Bonchev–Trinajstić information content (AvgIpc) is 2.63. The van der Waals surface area contributed by atoms with E-state index in [-0.39, 0.29) is 24.2 Å². The number of nitrogens with one attached hydrogen (secondary N) is 2. The monoisotopic (exact) mass is 347 g/mol. The Morgan fingerprint density at radius 3 is 2.76 bits per heavy atom. The van der Waals surface area contributed by atoms with Gasteiger partial charge in [0.15, 0.2) is 0 Å². The average molecular weight is 347 g/mol. The topological polar surface area (TPSA) is 73.8 Å². The lowest BCUT2D eigenvalue weighted by Crippen LogP contribution is -2.55. The number of benzene rings is 1. The van der Waals surface area contributed by atoms with Crippen molar-refractivity contribution in [3.63, 3.8) is 0 Å². The first-order valence-electron chi connectivity index (χ1n) is 9.23. The smallest absolute Gasteiger partial charge is 0.240 e. The van der Waals surface area contributed by atoms with Crippen molar-refractivity contribution in [1.82, 2.24) is 15.5 Å². The number of morpholine rings is 1. The second kappa shape index (κ2) is 8.76. The number of likely N-dealkylation sites (tertiary alicyclic amines) is 1. The molecular formula is C19H29N3O3. The maximum absolute atomic E-state index is 12.4. The summed E-state index contributed by atoms with van der Waals surface area (Å²) in [6, 6.07) is 7.96. The van der Waals surface area contributed by atoms with E-state index in [0.717, 1.165) is 38.0 Å². The minimum absolute atomic E-state index is 0.0110. The molecule has 0 aliphatic carbocycles. The van der Waals surface area contributed by atoms with Crippen molar-refractivity contribution in [2.45, 2.75) is 51.1 Å². The van der Waals surface area contributed by atoms with E-state index >= 15 is 0 Å². The summed E-state index contributed by atoms with van der Waals surface area (Å²) in [5, 5.41) is 15.9. The van der Waals surface area contributed by atoms with Gasteiger partial charge in [0.05, 0.1) is 18.8 Å². The molecule has 25 heavy (non-hydrogen) atoms. The molecule has 2 fully saturated rings. The highest BCUT2D eigenvalue weighted by Crippen LogP contribution is 2.16. The molecule has 2 heterocycles. The van der Waals surface area contributed by atoms with Gasteiger partial charge in [-0.25, -0.2) is 0 Å². The Morgan fingerprint density at radius 2 is 2.04 bits per heavy atom. The predicted molar refractivity (Wildman–Crippen MR) is 96.0 cm³/mol. The number of ether oxygens (including phenoxy) is 1. The summed E-state index contributed by atoms with van der Waals surface area (Å²) in [6.45, 7) is 6.51. The Morgan fingerprint density at radius 1 is 1.32 bits per heavy atom. The number of hydrogen-bond acceptors (Lipinski definition) is 5. The maximum atomic E-state index is 12.4. The van der Waals surface area contributed by atoms with Gasteiger partial charge in [-0.1, -0.05) is 24.3 Å². The van der Waals surface area contributed by atoms with E-state index in [1.54, 1.807) is 0 Å². The molecule has 2 aliphatic heterocycles. The lowest BCUT2D eigenvalue weighted by molar-refractivity contribution is -0.129. The number of aliphatic hydroxyl groups excluding tert-OH is 1. The van der Waals surface area contributed by atoms with Crippen LogP contribution < -0.4 is 10.6 Å². The Bertz CT molecular complexity index is 573. The number of rotatable bonds is 5. The quantitative estimate of drug-likeness (QED) is 0.729. The molecule has 0 unspecified atom stereocenters. The summed E-state index contributed by atoms with van der Waals surface area (Å²) < 4.78 is 5.55. The van der Waals surface area contributed by atoms with E-state index < -0.39 is 0 Å². The summed E-state index contributed by atoms with van der Waals surface area (Å²) in [4.78, 5) is 14.8. The first-order valence-corrected chi connectivity index (χ1v) is 9.23. The van der Waals surface area contributed by atoms with Crippen LogP contribution in [0, 0.1) is 0 Å². The largest absolute Gasteiger partial charge is 0.393 e. The third-order valence-electron chi connectivity index (χ3n) is 5.12. The number of hydrogen-bond donors (Lipinski definition) is 3. The van der Waals surface area contributed by atoms with Crippen LogP contribution in [0.5, 0.6) is 0 Å². The highest BCUT2D eigenvalue weighted by molar-refractivity contribution is 5.82. The molecule has 6 nitrogen and oxygen atoms in total. The SMILES string of the molecule is C[C@H]1OCCN[C@@H]1C(=O)NCc1ccccc1CN1CCC(O)CC1. The van der Waals surface area contributed by atoms with Gasteiger partial charge in [0.25, 0.3) is 0 Å². The van der Waals surface area contributed by atoms with Crippen molar-refractivity contribution in [3.8, 4) is 0 Å². The Hall–Kier alpha value is -1.47. The molecule has 0 radical (unpaired) electrons. The molecule has 1 aromatic carbocycles. The molecule has 0 saturated carbocycles. The first-order chi connectivity index (χ1) is 12.1. The molecule has 138 valence electrons. The number of piperidine rings is 1. The maximum Gasteiger partial charge on any atom is 0.240 e. The molecule has 2 atom stereocenters. The summed E-state index contributed by atoms with van der Waals surface area (Å²) in [5.74, 6) is -0.0110. The fourth-order valence-corrected chi connectivity index (χ4v) is 3.52. The standard InChI is InChI=1S/C19H29N3O3/c1-14-18(20-8-11-25-14)19(24)21-12-15-4-2-3-5-16(15)13-22-9-6-17(23)7-10-22/h2-5,14,17-18,20,23H,6-13H2,1H3,(H,21,24)/t14-,18+/m1/s1. The van der Waals surface area contributed by atoms with Crippen molar-refractivity contribution in [1.29, 1.82) is 0 Å². The normalized spacial score (nSPS) is 25.7. The zero-order valence-electron chi connectivity index (χ0n) is 14.9. The molecule has 3 rings (SSSR count). The highest BCUT2D eigenvalue weighted by Gasteiger charge is 2.28. The summed E-state index contributed by atoms with van der Waals surface area (Å²) in [6.07, 6.45) is 1.41. The first kappa shape index (κ1) is 18.3. The number of amides is 1. The van der Waals surface area contributed by atoms with Gasteiger partial charge >= 0.3 is 0 Å². The summed E-state index contributed by atoms with van der Waals surface area (Å²) in [7, 11) is 0. The van der Waals surface area contributed by atoms with Gasteiger partial charge in [0, 0.05) is 32.7 Å². The van der Waals surface area contributed by atoms with Gasteiger partial charge in [0.1, 0.15) is 6.04 Å². The van der Waals surface area contributed by atoms with Crippen molar-refractivity contribution in [2.24, 2.45) is 0 Å². The fourth-order valence-electron chi connectivity index (χ4n) is 3.52. The van der Waals surface area contributed by atoms with Crippen molar-refractivity contribution in [3.05, 3.63) is 35.4 Å². The second-order valence-corrected chi connectivity index (χ2v) is 7.00. The van der Waals surface area contributed by atoms with Gasteiger partial charge in [-0.05, 0) is 30.9 Å². The molecule has 0 aromatic heterocycles. The summed E-state index contributed by atoms with van der Waals surface area (Å²) >= 11 is 0. The number of nitrogens with zero attached hydrogens (tertiary/aromatic N) is 1. The molecule has 1 aromatic rings. The van der Waals surface area contributed by atoms with Gasteiger partial charge in [0.2, 0.25) is 5.91 Å². The van der Waals surface area contributed by atoms with Crippen LogP contribution in [0.1, 0.15) is 30.9 Å². The minimum atomic E-state index is -0.288. The highest BCUT2D eigenvalue weighted by atomic mass is 16.5. The lowest BCUT2D eigenvalue weighted by Gasteiger charge is -2.30. The van der Waals surface area contributed by atoms with E-state index in [4.69, 9.17) is 4.74 Å². The van der Waals surface area contributed by atoms with E-state index in [2.05, 4.69) is 27.7 Å². The van der Waals surface area contributed by atoms with Gasteiger partial charge in [-0.3, -0.25) is 9.69 Å². The second-order valence-electron chi connectivity index (χ2n) is 7.00. The molecule has 2 aliphatic rings. The van der Waals surface area contributed by atoms with Crippen molar-refractivity contribution < 1.29 is 14.6 Å². The zero-order valence-corrected chi connectivity index (χ0v) is 14.9. The third kappa shape index (κ3) is 5.01. The lowest BCUT2D eigenvalue weighted by atomic mass is 10.0. The van der Waals surface area contributed by atoms with Crippen LogP contribution in [0.25, 0.3) is 0 Å². The Labute approximate surface area is 149 Å². The van der Waals surface area contributed by atoms with E-state index in [9.17, 15) is 9.90 Å². The molecule has 0 spiro atoms. The molecular weight excluding hydrogens is 318 g/mol. The van der Waals surface area contributed by atoms with Crippen LogP contribution in [-0.2, 0) is 22.6 Å².